The molecule has 0 heterocycles. The highest BCUT2D eigenvalue weighted by Crippen LogP contribution is 2.47. The predicted octanol–water partition coefficient (Wildman–Crippen LogP) is 4.59. The van der Waals surface area contributed by atoms with E-state index in [-0.39, 0.29) is 11.5 Å². The second-order valence-corrected chi connectivity index (χ2v) is 7.15. The highest BCUT2D eigenvalue weighted by molar-refractivity contribution is 8.00. The van der Waals surface area contributed by atoms with Crippen molar-refractivity contribution in [2.45, 2.75) is 23.5 Å². The van der Waals surface area contributed by atoms with Gasteiger partial charge in [-0.1, -0.05) is 0 Å². The van der Waals surface area contributed by atoms with Gasteiger partial charge in [0.1, 0.15) is 23.1 Å². The lowest BCUT2D eigenvalue weighted by atomic mass is 10.0. The molecule has 0 saturated carbocycles. The summed E-state index contributed by atoms with van der Waals surface area (Å²) in [5, 5.41) is 0. The molecular weight excluding hydrogens is 320 g/mol. The van der Waals surface area contributed by atoms with Gasteiger partial charge in [0.2, 0.25) is 0 Å². The summed E-state index contributed by atoms with van der Waals surface area (Å²) in [4.78, 5) is 0.669. The van der Waals surface area contributed by atoms with Crippen molar-refractivity contribution in [1.29, 1.82) is 0 Å². The van der Waals surface area contributed by atoms with E-state index >= 15 is 0 Å². The average Bonchev–Trinajstić information content (AvgIpc) is 2.50. The lowest BCUT2D eigenvalue weighted by Crippen LogP contribution is -2.14. The Kier molecular flexibility index (Phi) is 5.04. The Bertz CT molecular complexity index is 720. The molecule has 6 heteroatoms. The normalized spacial score (nSPS) is 11.4. The number of thioether (sulfide) groups is 1. The molecule has 0 saturated heterocycles. The van der Waals surface area contributed by atoms with Crippen LogP contribution in [-0.2, 0) is 4.75 Å². The highest BCUT2D eigenvalue weighted by Gasteiger charge is 2.28. The first-order chi connectivity index (χ1) is 10.8. The monoisotopic (exact) mass is 339 g/mol. The Morgan fingerprint density at radius 2 is 1.65 bits per heavy atom. The standard InChI is InChI=1S/C17H19F2NO2S/c1-17(2,11-7-10(18)5-6-14(11)21-3)23-16-9-13(20)12(19)8-15(16)22-4/h5-9H,20H2,1-4H3. The third kappa shape index (κ3) is 3.69. The van der Waals surface area contributed by atoms with Crippen LogP contribution in [0.15, 0.2) is 35.2 Å². The highest BCUT2D eigenvalue weighted by atomic mass is 32.2. The van der Waals surface area contributed by atoms with Crippen LogP contribution in [0.4, 0.5) is 14.5 Å². The molecule has 0 fully saturated rings. The molecule has 23 heavy (non-hydrogen) atoms. The van der Waals surface area contributed by atoms with Crippen molar-refractivity contribution in [3.05, 3.63) is 47.5 Å². The average molecular weight is 339 g/mol. The van der Waals surface area contributed by atoms with Crippen molar-refractivity contribution < 1.29 is 18.3 Å². The summed E-state index contributed by atoms with van der Waals surface area (Å²) >= 11 is 1.39. The van der Waals surface area contributed by atoms with Crippen molar-refractivity contribution >= 4 is 17.4 Å². The minimum atomic E-state index is -0.551. The third-order valence-electron chi connectivity index (χ3n) is 3.46. The predicted molar refractivity (Wildman–Crippen MR) is 89.2 cm³/mol. The molecule has 0 aliphatic rings. The lowest BCUT2D eigenvalue weighted by molar-refractivity contribution is 0.400. The molecule has 0 aliphatic carbocycles. The fourth-order valence-electron chi connectivity index (χ4n) is 2.27. The zero-order valence-electron chi connectivity index (χ0n) is 13.4. The van der Waals surface area contributed by atoms with Crippen LogP contribution in [0.2, 0.25) is 0 Å². The van der Waals surface area contributed by atoms with E-state index in [1.54, 1.807) is 6.07 Å². The molecular formula is C17H19F2NO2S. The summed E-state index contributed by atoms with van der Waals surface area (Å²) in [5.41, 5.74) is 6.38. The van der Waals surface area contributed by atoms with Gasteiger partial charge in [-0.15, -0.1) is 11.8 Å². The number of hydrogen-bond donors (Lipinski definition) is 1. The minimum absolute atomic E-state index is 0.0373. The van der Waals surface area contributed by atoms with E-state index in [2.05, 4.69) is 0 Å². The fraction of sp³-hybridized carbons (Fsp3) is 0.294. The second kappa shape index (κ2) is 6.66. The number of ether oxygens (including phenoxy) is 2. The molecule has 0 atom stereocenters. The Balaban J connectivity index is 2.46. The zero-order chi connectivity index (χ0) is 17.2. The number of rotatable bonds is 5. The van der Waals surface area contributed by atoms with Crippen LogP contribution in [0.5, 0.6) is 11.5 Å². The van der Waals surface area contributed by atoms with Gasteiger partial charge in [-0.2, -0.15) is 0 Å². The van der Waals surface area contributed by atoms with E-state index in [9.17, 15) is 8.78 Å². The molecule has 2 aromatic carbocycles. The lowest BCUT2D eigenvalue weighted by Gasteiger charge is -2.27. The van der Waals surface area contributed by atoms with E-state index in [1.165, 1.54) is 50.2 Å². The number of methoxy groups -OCH3 is 2. The van der Waals surface area contributed by atoms with Crippen LogP contribution in [0.25, 0.3) is 0 Å². The molecule has 2 N–H and O–H groups in total. The molecule has 0 spiro atoms. The van der Waals surface area contributed by atoms with Crippen molar-refractivity contribution in [3.63, 3.8) is 0 Å². The Hall–Kier alpha value is -1.95. The third-order valence-corrected chi connectivity index (χ3v) is 4.73. The first-order valence-electron chi connectivity index (χ1n) is 6.94. The van der Waals surface area contributed by atoms with Crippen molar-refractivity contribution in [3.8, 4) is 11.5 Å². The fourth-order valence-corrected chi connectivity index (χ4v) is 3.52. The maximum atomic E-state index is 13.7. The van der Waals surface area contributed by atoms with Crippen LogP contribution >= 0.6 is 11.8 Å². The first-order valence-corrected chi connectivity index (χ1v) is 7.76. The number of benzene rings is 2. The number of hydrogen-bond acceptors (Lipinski definition) is 4. The quantitative estimate of drug-likeness (QED) is 0.639. The van der Waals surface area contributed by atoms with Gasteiger partial charge in [-0.05, 0) is 38.1 Å². The first kappa shape index (κ1) is 17.4. The Morgan fingerprint density at radius 1 is 1.00 bits per heavy atom. The SMILES string of the molecule is COc1cc(F)c(N)cc1SC(C)(C)c1cc(F)ccc1OC. The van der Waals surface area contributed by atoms with E-state index in [0.29, 0.717) is 22.0 Å². The van der Waals surface area contributed by atoms with Crippen LogP contribution < -0.4 is 15.2 Å². The van der Waals surface area contributed by atoms with Gasteiger partial charge in [0.25, 0.3) is 0 Å². The zero-order valence-corrected chi connectivity index (χ0v) is 14.3. The largest absolute Gasteiger partial charge is 0.496 e. The molecule has 0 unspecified atom stereocenters. The van der Waals surface area contributed by atoms with E-state index in [1.807, 2.05) is 13.8 Å². The molecule has 0 amide bonds. The van der Waals surface area contributed by atoms with Crippen LogP contribution in [0.3, 0.4) is 0 Å². The molecule has 2 aromatic rings. The van der Waals surface area contributed by atoms with Crippen LogP contribution in [0.1, 0.15) is 19.4 Å². The molecule has 124 valence electrons. The molecule has 3 nitrogen and oxygen atoms in total. The smallest absolute Gasteiger partial charge is 0.149 e. The van der Waals surface area contributed by atoms with E-state index in [0.717, 1.165) is 0 Å². The maximum absolute atomic E-state index is 13.7. The summed E-state index contributed by atoms with van der Waals surface area (Å²) in [6.45, 7) is 3.85. The maximum Gasteiger partial charge on any atom is 0.149 e. The molecule has 0 aromatic heterocycles. The number of halogens is 2. The van der Waals surface area contributed by atoms with Crippen molar-refractivity contribution in [2.75, 3.05) is 20.0 Å². The van der Waals surface area contributed by atoms with Gasteiger partial charge in [-0.3, -0.25) is 0 Å². The summed E-state index contributed by atoms with van der Waals surface area (Å²) in [6, 6.07) is 7.14. The second-order valence-electron chi connectivity index (χ2n) is 5.48. The van der Waals surface area contributed by atoms with Crippen LogP contribution in [0, 0.1) is 11.6 Å². The number of nitrogens with two attached hydrogens (primary N) is 1. The topological polar surface area (TPSA) is 44.5 Å². The minimum Gasteiger partial charge on any atom is -0.496 e. The number of anilines is 1. The van der Waals surface area contributed by atoms with E-state index < -0.39 is 10.6 Å². The van der Waals surface area contributed by atoms with Gasteiger partial charge in [0.15, 0.2) is 0 Å². The molecule has 2 rings (SSSR count). The molecule has 0 bridgehead atoms. The van der Waals surface area contributed by atoms with Crippen molar-refractivity contribution in [2.24, 2.45) is 0 Å². The summed E-state index contributed by atoms with van der Waals surface area (Å²) in [6.07, 6.45) is 0. The Labute approximate surface area is 138 Å². The molecule has 0 radical (unpaired) electrons. The van der Waals surface area contributed by atoms with E-state index in [4.69, 9.17) is 15.2 Å². The molecule has 0 aliphatic heterocycles. The van der Waals surface area contributed by atoms with Gasteiger partial charge in [0, 0.05) is 16.4 Å². The number of nitrogen functional groups attached to an aromatic ring is 1. The van der Waals surface area contributed by atoms with Gasteiger partial charge in [0.05, 0.1) is 24.8 Å². The summed E-state index contributed by atoms with van der Waals surface area (Å²) < 4.78 is 37.2. The van der Waals surface area contributed by atoms with Gasteiger partial charge < -0.3 is 15.2 Å². The summed E-state index contributed by atoms with van der Waals surface area (Å²) in [7, 11) is 3.00. The summed E-state index contributed by atoms with van der Waals surface area (Å²) in [5.74, 6) is 0.0792. The van der Waals surface area contributed by atoms with Crippen molar-refractivity contribution in [1.82, 2.24) is 0 Å². The Morgan fingerprint density at radius 3 is 2.26 bits per heavy atom. The van der Waals surface area contributed by atoms with Gasteiger partial charge >= 0.3 is 0 Å². The van der Waals surface area contributed by atoms with Gasteiger partial charge in [-0.25, -0.2) is 8.78 Å². The van der Waals surface area contributed by atoms with Crippen LogP contribution in [-0.4, -0.2) is 14.2 Å².